The van der Waals surface area contributed by atoms with Crippen LogP contribution in [0.4, 0.5) is 8.78 Å². The molecule has 0 aromatic heterocycles. The molecule has 3 aromatic carbocycles. The van der Waals surface area contributed by atoms with Crippen molar-refractivity contribution < 1.29 is 18.3 Å². The Morgan fingerprint density at radius 2 is 1.64 bits per heavy atom. The number of rotatable bonds is 5. The number of allylic oxidation sites excluding steroid dienone is 1. The molecule has 138 valence electrons. The molecule has 3 aromatic rings. The molecule has 0 N–H and O–H groups in total. The molecule has 28 heavy (non-hydrogen) atoms. The SMILES string of the molecule is N#C/C(=C/c1ccc(OC(=O)Cc2ccc(F)cc2)cc1)c1ccccc1F. The Balaban J connectivity index is 1.69. The highest BCUT2D eigenvalue weighted by Crippen LogP contribution is 2.22. The van der Waals surface area contributed by atoms with Crippen molar-refractivity contribution in [3.8, 4) is 11.8 Å². The van der Waals surface area contributed by atoms with E-state index in [4.69, 9.17) is 4.74 Å². The molecule has 0 atom stereocenters. The highest BCUT2D eigenvalue weighted by molar-refractivity contribution is 5.89. The summed E-state index contributed by atoms with van der Waals surface area (Å²) >= 11 is 0. The van der Waals surface area contributed by atoms with Crippen LogP contribution < -0.4 is 4.74 Å². The van der Waals surface area contributed by atoms with E-state index in [2.05, 4.69) is 0 Å². The Kier molecular flexibility index (Phi) is 5.93. The second-order valence-electron chi connectivity index (χ2n) is 6.00. The molecule has 0 unspecified atom stereocenters. The molecule has 0 amide bonds. The van der Waals surface area contributed by atoms with Gasteiger partial charge in [0.1, 0.15) is 17.4 Å². The van der Waals surface area contributed by atoms with Gasteiger partial charge in [0.05, 0.1) is 18.1 Å². The van der Waals surface area contributed by atoms with Gasteiger partial charge in [-0.25, -0.2) is 8.78 Å². The molecule has 0 radical (unpaired) electrons. The molecule has 0 aliphatic carbocycles. The van der Waals surface area contributed by atoms with Gasteiger partial charge in [-0.15, -0.1) is 0 Å². The van der Waals surface area contributed by atoms with Crippen molar-refractivity contribution in [3.63, 3.8) is 0 Å². The largest absolute Gasteiger partial charge is 0.426 e. The summed E-state index contributed by atoms with van der Waals surface area (Å²) < 4.78 is 32.0. The zero-order chi connectivity index (χ0) is 19.9. The van der Waals surface area contributed by atoms with Crippen LogP contribution in [0.2, 0.25) is 0 Å². The Bertz CT molecular complexity index is 1050. The molecule has 0 bridgehead atoms. The fourth-order valence-corrected chi connectivity index (χ4v) is 2.59. The molecule has 5 heteroatoms. The van der Waals surface area contributed by atoms with Crippen molar-refractivity contribution >= 4 is 17.6 Å². The van der Waals surface area contributed by atoms with Gasteiger partial charge in [0, 0.05) is 5.56 Å². The van der Waals surface area contributed by atoms with Crippen LogP contribution in [0.15, 0.2) is 72.8 Å². The second-order valence-corrected chi connectivity index (χ2v) is 6.00. The number of ether oxygens (including phenoxy) is 1. The van der Waals surface area contributed by atoms with E-state index in [0.29, 0.717) is 16.9 Å². The Labute approximate surface area is 161 Å². The zero-order valence-corrected chi connectivity index (χ0v) is 14.7. The van der Waals surface area contributed by atoms with E-state index < -0.39 is 11.8 Å². The van der Waals surface area contributed by atoms with E-state index in [0.717, 1.165) is 0 Å². The summed E-state index contributed by atoms with van der Waals surface area (Å²) in [6.07, 6.45) is 1.58. The van der Waals surface area contributed by atoms with Gasteiger partial charge in [-0.05, 0) is 47.5 Å². The molecule has 0 spiro atoms. The number of carbonyl (C=O) groups excluding carboxylic acids is 1. The first-order chi connectivity index (χ1) is 13.5. The van der Waals surface area contributed by atoms with Crippen molar-refractivity contribution in [3.05, 3.63) is 101 Å². The van der Waals surface area contributed by atoms with Gasteiger partial charge in [-0.2, -0.15) is 5.26 Å². The molecule has 0 saturated heterocycles. The third-order valence-electron chi connectivity index (χ3n) is 3.97. The number of esters is 1. The summed E-state index contributed by atoms with van der Waals surface area (Å²) in [5, 5.41) is 9.32. The lowest BCUT2D eigenvalue weighted by atomic mass is 10.0. The summed E-state index contributed by atoms with van der Waals surface area (Å²) in [4.78, 5) is 12.0. The van der Waals surface area contributed by atoms with Gasteiger partial charge in [0.2, 0.25) is 0 Å². The van der Waals surface area contributed by atoms with Gasteiger partial charge in [0.25, 0.3) is 0 Å². The minimum atomic E-state index is -0.473. The Morgan fingerprint density at radius 1 is 0.964 bits per heavy atom. The fourth-order valence-electron chi connectivity index (χ4n) is 2.59. The first-order valence-electron chi connectivity index (χ1n) is 8.47. The van der Waals surface area contributed by atoms with Crippen LogP contribution in [-0.4, -0.2) is 5.97 Å². The molecule has 3 rings (SSSR count). The van der Waals surface area contributed by atoms with Crippen LogP contribution >= 0.6 is 0 Å². The smallest absolute Gasteiger partial charge is 0.315 e. The maximum absolute atomic E-state index is 13.9. The second kappa shape index (κ2) is 8.74. The number of halogens is 2. The topological polar surface area (TPSA) is 50.1 Å². The van der Waals surface area contributed by atoms with E-state index in [-0.39, 0.29) is 23.4 Å². The van der Waals surface area contributed by atoms with Gasteiger partial charge >= 0.3 is 5.97 Å². The van der Waals surface area contributed by atoms with E-state index in [1.54, 1.807) is 42.5 Å². The number of nitriles is 1. The lowest BCUT2D eigenvalue weighted by molar-refractivity contribution is -0.133. The molecule has 0 saturated carbocycles. The van der Waals surface area contributed by atoms with Crippen LogP contribution in [0.1, 0.15) is 16.7 Å². The minimum absolute atomic E-state index is 0.0216. The maximum atomic E-state index is 13.9. The lowest BCUT2D eigenvalue weighted by Crippen LogP contribution is -2.11. The van der Waals surface area contributed by atoms with Crippen molar-refractivity contribution in [1.29, 1.82) is 5.26 Å². The predicted molar refractivity (Wildman–Crippen MR) is 102 cm³/mol. The first kappa shape index (κ1) is 19.0. The summed E-state index contributed by atoms with van der Waals surface area (Å²) in [7, 11) is 0. The van der Waals surface area contributed by atoms with E-state index in [1.807, 2.05) is 6.07 Å². The highest BCUT2D eigenvalue weighted by atomic mass is 19.1. The normalized spacial score (nSPS) is 11.0. The number of benzene rings is 3. The summed E-state index contributed by atoms with van der Waals surface area (Å²) in [6.45, 7) is 0. The number of carbonyl (C=O) groups is 1. The highest BCUT2D eigenvalue weighted by Gasteiger charge is 2.08. The molecule has 0 aliphatic rings. The van der Waals surface area contributed by atoms with E-state index in [1.165, 1.54) is 36.4 Å². The first-order valence-corrected chi connectivity index (χ1v) is 8.47. The average Bonchev–Trinajstić information content (AvgIpc) is 2.70. The standard InChI is InChI=1S/C23H15F2NO2/c24-19-9-5-17(6-10-19)14-23(27)28-20-11-7-16(8-12-20)13-18(15-26)21-3-1-2-4-22(21)25/h1-13H,14H2/b18-13-. The van der Waals surface area contributed by atoms with Crippen molar-refractivity contribution in [2.45, 2.75) is 6.42 Å². The molecular formula is C23H15F2NO2. The molecule has 0 aliphatic heterocycles. The molecule has 3 nitrogen and oxygen atoms in total. The van der Waals surface area contributed by atoms with Crippen LogP contribution in [0.25, 0.3) is 11.6 Å². The number of nitrogens with zero attached hydrogens (tertiary/aromatic N) is 1. The molecule has 0 fully saturated rings. The monoisotopic (exact) mass is 375 g/mol. The van der Waals surface area contributed by atoms with Crippen LogP contribution in [-0.2, 0) is 11.2 Å². The van der Waals surface area contributed by atoms with Crippen molar-refractivity contribution in [2.24, 2.45) is 0 Å². The van der Waals surface area contributed by atoms with E-state index in [9.17, 15) is 18.8 Å². The van der Waals surface area contributed by atoms with Gasteiger partial charge in [-0.3, -0.25) is 4.79 Å². The van der Waals surface area contributed by atoms with Gasteiger partial charge < -0.3 is 4.74 Å². The Hall–Kier alpha value is -3.78. The van der Waals surface area contributed by atoms with Crippen LogP contribution in [0, 0.1) is 23.0 Å². The van der Waals surface area contributed by atoms with Gasteiger partial charge in [-0.1, -0.05) is 42.5 Å². The fraction of sp³-hybridized carbons (Fsp3) is 0.0435. The zero-order valence-electron chi connectivity index (χ0n) is 14.7. The Morgan fingerprint density at radius 3 is 2.29 bits per heavy atom. The van der Waals surface area contributed by atoms with Crippen LogP contribution in [0.3, 0.4) is 0 Å². The van der Waals surface area contributed by atoms with E-state index >= 15 is 0 Å². The summed E-state index contributed by atoms with van der Waals surface area (Å²) in [5.41, 5.74) is 1.73. The third-order valence-corrected chi connectivity index (χ3v) is 3.97. The lowest BCUT2D eigenvalue weighted by Gasteiger charge is -2.06. The predicted octanol–water partition coefficient (Wildman–Crippen LogP) is 5.18. The van der Waals surface area contributed by atoms with Crippen LogP contribution in [0.5, 0.6) is 5.75 Å². The minimum Gasteiger partial charge on any atom is -0.426 e. The molecule has 0 heterocycles. The maximum Gasteiger partial charge on any atom is 0.315 e. The summed E-state index contributed by atoms with van der Waals surface area (Å²) in [5.74, 6) is -0.970. The van der Waals surface area contributed by atoms with Crippen molar-refractivity contribution in [1.82, 2.24) is 0 Å². The quantitative estimate of drug-likeness (QED) is 0.267. The number of hydrogen-bond donors (Lipinski definition) is 0. The summed E-state index contributed by atoms with van der Waals surface area (Å²) in [6, 6.07) is 20.2. The van der Waals surface area contributed by atoms with Crippen molar-refractivity contribution in [2.75, 3.05) is 0 Å². The average molecular weight is 375 g/mol. The molecular weight excluding hydrogens is 360 g/mol. The number of hydrogen-bond acceptors (Lipinski definition) is 3. The third kappa shape index (κ3) is 4.89. The van der Waals surface area contributed by atoms with Gasteiger partial charge in [0.15, 0.2) is 0 Å².